The number of nitrogens with one attached hydrogen (secondary N) is 1. The third kappa shape index (κ3) is 5.29. The van der Waals surface area contributed by atoms with Gasteiger partial charge in [0.15, 0.2) is 11.5 Å². The van der Waals surface area contributed by atoms with Gasteiger partial charge in [0.05, 0.1) is 24.6 Å². The second-order valence-corrected chi connectivity index (χ2v) is 10.7. The van der Waals surface area contributed by atoms with Gasteiger partial charge in [0.2, 0.25) is 20.2 Å². The van der Waals surface area contributed by atoms with Crippen LogP contribution >= 0.6 is 11.9 Å². The van der Waals surface area contributed by atoms with Gasteiger partial charge in [-0.15, -0.1) is 0 Å². The summed E-state index contributed by atoms with van der Waals surface area (Å²) >= 11 is 0.743. The van der Waals surface area contributed by atoms with Crippen molar-refractivity contribution in [1.29, 1.82) is 5.41 Å². The highest BCUT2D eigenvalue weighted by Crippen LogP contribution is 2.32. The van der Waals surface area contributed by atoms with Crippen molar-refractivity contribution in [2.24, 2.45) is 9.39 Å². The Morgan fingerprint density at radius 3 is 2.50 bits per heavy atom. The number of sulfone groups is 1. The van der Waals surface area contributed by atoms with Crippen LogP contribution in [0.3, 0.4) is 0 Å². The van der Waals surface area contributed by atoms with Gasteiger partial charge in [-0.25, -0.2) is 13.3 Å². The van der Waals surface area contributed by atoms with Crippen molar-refractivity contribution in [3.05, 3.63) is 58.7 Å². The lowest BCUT2D eigenvalue weighted by Crippen LogP contribution is -2.45. The van der Waals surface area contributed by atoms with E-state index in [2.05, 4.69) is 9.39 Å². The summed E-state index contributed by atoms with van der Waals surface area (Å²) in [5.41, 5.74) is 2.81. The Balaban J connectivity index is 1.47. The Bertz CT molecular complexity index is 1450. The monoisotopic (exact) mass is 528 g/mol. The molecule has 0 aliphatic carbocycles. The van der Waals surface area contributed by atoms with Crippen LogP contribution in [-0.4, -0.2) is 62.0 Å². The number of aliphatic imine (C=N–C) groups is 1. The summed E-state index contributed by atoms with van der Waals surface area (Å²) in [5, 5.41) is 8.14. The van der Waals surface area contributed by atoms with Gasteiger partial charge < -0.3 is 14.2 Å². The van der Waals surface area contributed by atoms with Gasteiger partial charge >= 0.3 is 0 Å². The highest BCUT2D eigenvalue weighted by atomic mass is 32.2. The van der Waals surface area contributed by atoms with Crippen LogP contribution in [0.15, 0.2) is 51.4 Å². The molecule has 0 atom stereocenters. The fourth-order valence-corrected chi connectivity index (χ4v) is 5.26. The number of ether oxygens (including phenoxy) is 3. The number of hydrogen-bond acceptors (Lipinski definition) is 9. The molecule has 0 fully saturated rings. The maximum atomic E-state index is 12.6. The van der Waals surface area contributed by atoms with Gasteiger partial charge in [0.25, 0.3) is 5.91 Å². The molecule has 2 aromatic rings. The quantitative estimate of drug-likeness (QED) is 0.329. The van der Waals surface area contributed by atoms with E-state index in [0.29, 0.717) is 23.7 Å². The molecule has 0 spiro atoms. The predicted octanol–water partition coefficient (Wildman–Crippen LogP) is 3.39. The number of amides is 1. The lowest BCUT2D eigenvalue weighted by atomic mass is 10.1. The molecule has 0 radical (unpaired) electrons. The molecule has 2 aromatic carbocycles. The molecule has 188 valence electrons. The fraction of sp³-hybridized carbons (Fsp3) is 0.250. The van der Waals surface area contributed by atoms with Gasteiger partial charge in [-0.05, 0) is 60.9 Å². The molecule has 12 heteroatoms. The first kappa shape index (κ1) is 25.5. The first-order valence-electron chi connectivity index (χ1n) is 10.8. The van der Waals surface area contributed by atoms with Gasteiger partial charge in [-0.3, -0.25) is 10.2 Å². The molecular formula is C24H24N4O6S2. The number of benzene rings is 2. The Hall–Kier alpha value is -3.64. The molecule has 0 bridgehead atoms. The zero-order chi connectivity index (χ0) is 26.0. The standard InChI is InChI=1S/C24H24N4O6S2/c1-14-5-7-17(11-15(14)2)33-9-10-34-19-8-6-16(13-20(19)32-3)12-18-21(25)28-23(26-22(18)29)35-27-24(28)36(4,30)31/h5-8,11-13,25H,9-10H2,1-4H3. The average Bonchev–Trinajstić information content (AvgIpc) is 3.26. The minimum absolute atomic E-state index is 0.0342. The lowest BCUT2D eigenvalue weighted by Gasteiger charge is -2.23. The summed E-state index contributed by atoms with van der Waals surface area (Å²) in [7, 11) is -2.23. The fourth-order valence-electron chi connectivity index (χ4n) is 3.41. The highest BCUT2D eigenvalue weighted by Gasteiger charge is 2.41. The van der Waals surface area contributed by atoms with Crippen molar-refractivity contribution in [1.82, 2.24) is 4.90 Å². The van der Waals surface area contributed by atoms with E-state index >= 15 is 0 Å². The van der Waals surface area contributed by atoms with E-state index in [1.54, 1.807) is 18.2 Å². The SMILES string of the molecule is COc1cc(C=C2C(=N)N3C(=NC2=O)SN=C3S(C)(=O)=O)ccc1OCCOc1ccc(C)c(C)c1. The van der Waals surface area contributed by atoms with Crippen LogP contribution in [0, 0.1) is 19.3 Å². The van der Waals surface area contributed by atoms with Gasteiger partial charge in [-0.2, -0.15) is 9.39 Å². The molecule has 1 N–H and O–H groups in total. The van der Waals surface area contributed by atoms with E-state index in [4.69, 9.17) is 19.6 Å². The molecule has 2 heterocycles. The molecule has 0 aromatic heterocycles. The number of hydrogen-bond donors (Lipinski definition) is 1. The van der Waals surface area contributed by atoms with Crippen LogP contribution in [0.4, 0.5) is 0 Å². The number of aryl methyl sites for hydroxylation is 2. The van der Waals surface area contributed by atoms with Crippen LogP contribution in [0.2, 0.25) is 0 Å². The molecule has 10 nitrogen and oxygen atoms in total. The summed E-state index contributed by atoms with van der Waals surface area (Å²) in [5.74, 6) is 0.690. The number of rotatable bonds is 7. The molecule has 0 saturated carbocycles. The van der Waals surface area contributed by atoms with E-state index in [1.165, 1.54) is 18.7 Å². The topological polar surface area (TPSA) is 131 Å². The van der Waals surface area contributed by atoms with Crippen LogP contribution in [0.5, 0.6) is 17.2 Å². The number of amidine groups is 3. The molecule has 36 heavy (non-hydrogen) atoms. The lowest BCUT2D eigenvalue weighted by molar-refractivity contribution is -0.114. The zero-order valence-electron chi connectivity index (χ0n) is 20.1. The minimum Gasteiger partial charge on any atom is -0.493 e. The minimum atomic E-state index is -3.72. The number of nitrogens with zero attached hydrogens (tertiary/aromatic N) is 3. The summed E-state index contributed by atoms with van der Waals surface area (Å²) in [6, 6.07) is 10.9. The summed E-state index contributed by atoms with van der Waals surface area (Å²) in [6.45, 7) is 4.68. The molecule has 0 saturated heterocycles. The zero-order valence-corrected chi connectivity index (χ0v) is 21.7. The van der Waals surface area contributed by atoms with Gasteiger partial charge in [-0.1, -0.05) is 12.1 Å². The predicted molar refractivity (Wildman–Crippen MR) is 140 cm³/mol. The molecule has 2 aliphatic rings. The molecule has 0 unspecified atom stereocenters. The van der Waals surface area contributed by atoms with Crippen molar-refractivity contribution in [2.75, 3.05) is 26.6 Å². The van der Waals surface area contributed by atoms with E-state index in [-0.39, 0.29) is 28.4 Å². The Morgan fingerprint density at radius 1 is 1.06 bits per heavy atom. The third-order valence-corrected chi connectivity index (χ3v) is 7.17. The van der Waals surface area contributed by atoms with Crippen molar-refractivity contribution in [3.63, 3.8) is 0 Å². The van der Waals surface area contributed by atoms with Gasteiger partial charge in [0.1, 0.15) is 24.8 Å². The van der Waals surface area contributed by atoms with E-state index < -0.39 is 15.7 Å². The second-order valence-electron chi connectivity index (χ2n) is 8.03. The average molecular weight is 529 g/mol. The number of carbonyl (C=O) groups is 1. The first-order valence-corrected chi connectivity index (χ1v) is 13.4. The Labute approximate surface area is 213 Å². The number of carbonyl (C=O) groups excluding carboxylic acids is 1. The van der Waals surface area contributed by atoms with Gasteiger partial charge in [0, 0.05) is 6.26 Å². The molecule has 1 amide bonds. The largest absolute Gasteiger partial charge is 0.493 e. The maximum Gasteiger partial charge on any atom is 0.283 e. The van der Waals surface area contributed by atoms with Crippen LogP contribution < -0.4 is 14.2 Å². The highest BCUT2D eigenvalue weighted by molar-refractivity contribution is 8.16. The van der Waals surface area contributed by atoms with Crippen LogP contribution in [0.25, 0.3) is 6.08 Å². The van der Waals surface area contributed by atoms with Crippen molar-refractivity contribution in [2.45, 2.75) is 13.8 Å². The van der Waals surface area contributed by atoms with E-state index in [0.717, 1.165) is 34.4 Å². The number of methoxy groups -OCH3 is 1. The molecule has 2 aliphatic heterocycles. The molecular weight excluding hydrogens is 504 g/mol. The Morgan fingerprint density at radius 2 is 1.81 bits per heavy atom. The Kier molecular flexibility index (Phi) is 7.18. The van der Waals surface area contributed by atoms with E-state index in [9.17, 15) is 13.2 Å². The van der Waals surface area contributed by atoms with Crippen LogP contribution in [0.1, 0.15) is 16.7 Å². The second kappa shape index (κ2) is 10.2. The van der Waals surface area contributed by atoms with Crippen molar-refractivity contribution >= 4 is 49.9 Å². The first-order chi connectivity index (χ1) is 17.1. The smallest absolute Gasteiger partial charge is 0.283 e. The third-order valence-electron chi connectivity index (χ3n) is 5.41. The summed E-state index contributed by atoms with van der Waals surface area (Å²) in [6.07, 6.45) is 2.43. The summed E-state index contributed by atoms with van der Waals surface area (Å²) < 4.78 is 44.9. The summed E-state index contributed by atoms with van der Waals surface area (Å²) in [4.78, 5) is 17.5. The van der Waals surface area contributed by atoms with Crippen LogP contribution in [-0.2, 0) is 14.6 Å². The van der Waals surface area contributed by atoms with Crippen molar-refractivity contribution < 1.29 is 27.4 Å². The van der Waals surface area contributed by atoms with Crippen molar-refractivity contribution in [3.8, 4) is 17.2 Å². The maximum absolute atomic E-state index is 12.6. The van der Waals surface area contributed by atoms with E-state index in [1.807, 2.05) is 32.0 Å². The normalized spacial score (nSPS) is 16.6. The number of fused-ring (bicyclic) bond motifs is 1. The molecule has 4 rings (SSSR count).